The van der Waals surface area contributed by atoms with Crippen LogP contribution in [0, 0.1) is 0 Å². The van der Waals surface area contributed by atoms with Crippen molar-refractivity contribution < 1.29 is 29.0 Å². The lowest BCUT2D eigenvalue weighted by Gasteiger charge is -2.08. The van der Waals surface area contributed by atoms with Gasteiger partial charge in [-0.1, -0.05) is 0 Å². The number of fused-ring (bicyclic) bond motifs is 1. The molecular formula is C14H17NO6S. The first-order chi connectivity index (χ1) is 10.5. The fourth-order valence-electron chi connectivity index (χ4n) is 2.31. The number of ether oxygens (including phenoxy) is 2. The van der Waals surface area contributed by atoms with E-state index >= 15 is 0 Å². The number of aryl methyl sites for hydroxylation is 1. The number of carbonyl (C=O) groups excluding carboxylic acids is 2. The molecule has 22 heavy (non-hydrogen) atoms. The summed E-state index contributed by atoms with van der Waals surface area (Å²) in [7, 11) is 0. The Bertz CT molecular complexity index is 594. The zero-order valence-electron chi connectivity index (χ0n) is 12.1. The molecule has 120 valence electrons. The summed E-state index contributed by atoms with van der Waals surface area (Å²) in [6.07, 6.45) is 2.67. The highest BCUT2D eigenvalue weighted by Gasteiger charge is 2.28. The van der Waals surface area contributed by atoms with E-state index < -0.39 is 24.5 Å². The second kappa shape index (κ2) is 7.37. The van der Waals surface area contributed by atoms with Crippen LogP contribution in [0.5, 0.6) is 0 Å². The van der Waals surface area contributed by atoms with Gasteiger partial charge in [0, 0.05) is 4.88 Å². The third kappa shape index (κ3) is 3.83. The van der Waals surface area contributed by atoms with Gasteiger partial charge in [0.2, 0.25) is 0 Å². The maximum atomic E-state index is 12.1. The normalized spacial score (nSPS) is 12.8. The number of amides is 1. The van der Waals surface area contributed by atoms with E-state index in [0.29, 0.717) is 10.6 Å². The van der Waals surface area contributed by atoms with Crippen molar-refractivity contribution in [3.05, 3.63) is 16.0 Å². The van der Waals surface area contributed by atoms with Gasteiger partial charge in [0.05, 0.1) is 12.2 Å². The molecule has 0 fully saturated rings. The van der Waals surface area contributed by atoms with Gasteiger partial charge in [0.15, 0.2) is 0 Å². The molecule has 0 aliphatic heterocycles. The number of carboxylic acid groups (broad SMARTS) is 1. The molecule has 0 saturated heterocycles. The van der Waals surface area contributed by atoms with Crippen LogP contribution >= 0.6 is 11.3 Å². The van der Waals surface area contributed by atoms with Gasteiger partial charge in [-0.05, 0) is 31.7 Å². The molecule has 7 nitrogen and oxygen atoms in total. The molecule has 1 amide bonds. The molecular weight excluding hydrogens is 310 g/mol. The van der Waals surface area contributed by atoms with Crippen LogP contribution in [0.25, 0.3) is 0 Å². The monoisotopic (exact) mass is 327 g/mol. The summed E-state index contributed by atoms with van der Waals surface area (Å²) in [4.78, 5) is 35.3. The second-order valence-electron chi connectivity index (χ2n) is 4.72. The summed E-state index contributed by atoms with van der Waals surface area (Å²) in [5.41, 5.74) is 1.37. The van der Waals surface area contributed by atoms with Gasteiger partial charge in [0.1, 0.15) is 18.2 Å². The minimum Gasteiger partial charge on any atom is -0.480 e. The Labute approximate surface area is 131 Å². The lowest BCUT2D eigenvalue weighted by molar-refractivity contribution is -0.143. The molecule has 1 aromatic heterocycles. The smallest absolute Gasteiger partial charge is 0.341 e. The molecule has 0 aromatic carbocycles. The fourth-order valence-corrected chi connectivity index (χ4v) is 3.60. The van der Waals surface area contributed by atoms with E-state index in [1.807, 2.05) is 0 Å². The third-order valence-electron chi connectivity index (χ3n) is 3.11. The van der Waals surface area contributed by atoms with Crippen molar-refractivity contribution in [2.75, 3.05) is 25.1 Å². The Kier molecular flexibility index (Phi) is 5.51. The molecule has 1 aliphatic carbocycles. The van der Waals surface area contributed by atoms with Gasteiger partial charge in [-0.25, -0.2) is 9.59 Å². The van der Waals surface area contributed by atoms with Crippen molar-refractivity contribution in [2.45, 2.75) is 26.2 Å². The van der Waals surface area contributed by atoms with Crippen LogP contribution < -0.4 is 5.32 Å². The summed E-state index contributed by atoms with van der Waals surface area (Å²) in [6, 6.07) is 0. The van der Waals surface area contributed by atoms with E-state index in [9.17, 15) is 14.4 Å². The number of carbonyl (C=O) groups is 3. The maximum absolute atomic E-state index is 12.1. The van der Waals surface area contributed by atoms with Crippen molar-refractivity contribution in [2.24, 2.45) is 0 Å². The first-order valence-corrected chi connectivity index (χ1v) is 7.75. The number of carboxylic acids is 1. The fraction of sp³-hybridized carbons (Fsp3) is 0.500. The lowest BCUT2D eigenvalue weighted by atomic mass is 10.1. The van der Waals surface area contributed by atoms with Crippen molar-refractivity contribution in [3.8, 4) is 0 Å². The van der Waals surface area contributed by atoms with Gasteiger partial charge in [-0.3, -0.25) is 4.79 Å². The molecule has 1 heterocycles. The first kappa shape index (κ1) is 16.4. The quantitative estimate of drug-likeness (QED) is 0.735. The van der Waals surface area contributed by atoms with Gasteiger partial charge < -0.3 is 19.9 Å². The Morgan fingerprint density at radius 2 is 2.05 bits per heavy atom. The number of esters is 1. The van der Waals surface area contributed by atoms with E-state index in [4.69, 9.17) is 14.6 Å². The van der Waals surface area contributed by atoms with Crippen molar-refractivity contribution in [3.63, 3.8) is 0 Å². The molecule has 1 aromatic rings. The summed E-state index contributed by atoms with van der Waals surface area (Å²) in [5, 5.41) is 11.5. The van der Waals surface area contributed by atoms with Crippen LogP contribution in [0.1, 0.15) is 34.1 Å². The summed E-state index contributed by atoms with van der Waals surface area (Å²) < 4.78 is 9.78. The van der Waals surface area contributed by atoms with E-state index in [-0.39, 0.29) is 13.2 Å². The number of nitrogens with one attached hydrogen (secondary N) is 1. The highest BCUT2D eigenvalue weighted by atomic mass is 32.1. The third-order valence-corrected chi connectivity index (χ3v) is 4.32. The molecule has 0 spiro atoms. The SMILES string of the molecule is CCOC(=O)c1c(NC(=O)COCC(=O)O)sc2c1CCC2. The first-order valence-electron chi connectivity index (χ1n) is 6.94. The van der Waals surface area contributed by atoms with E-state index in [2.05, 4.69) is 5.32 Å². The number of thiophene rings is 1. The topological polar surface area (TPSA) is 102 Å². The minimum atomic E-state index is -1.14. The van der Waals surface area contributed by atoms with Crippen LogP contribution in [0.2, 0.25) is 0 Å². The second-order valence-corrected chi connectivity index (χ2v) is 5.82. The molecule has 0 bridgehead atoms. The molecule has 0 saturated carbocycles. The Morgan fingerprint density at radius 3 is 2.73 bits per heavy atom. The van der Waals surface area contributed by atoms with E-state index in [0.717, 1.165) is 29.7 Å². The van der Waals surface area contributed by atoms with Gasteiger partial charge in [-0.2, -0.15) is 0 Å². The van der Waals surface area contributed by atoms with Crippen LogP contribution in [0.4, 0.5) is 5.00 Å². The van der Waals surface area contributed by atoms with Gasteiger partial charge in [-0.15, -0.1) is 11.3 Å². The number of hydrogen-bond donors (Lipinski definition) is 2. The van der Waals surface area contributed by atoms with Crippen LogP contribution in [-0.4, -0.2) is 42.8 Å². The summed E-state index contributed by atoms with van der Waals surface area (Å²) in [5.74, 6) is -2.08. The largest absolute Gasteiger partial charge is 0.480 e. The van der Waals surface area contributed by atoms with Crippen molar-refractivity contribution in [1.29, 1.82) is 0 Å². The molecule has 8 heteroatoms. The predicted octanol–water partition coefficient (Wildman–Crippen LogP) is 1.45. The lowest BCUT2D eigenvalue weighted by Crippen LogP contribution is -2.21. The molecule has 1 aliphatic rings. The molecule has 0 unspecified atom stereocenters. The average Bonchev–Trinajstić information content (AvgIpc) is 2.98. The Hall–Kier alpha value is -1.93. The van der Waals surface area contributed by atoms with Crippen LogP contribution in [0.15, 0.2) is 0 Å². The maximum Gasteiger partial charge on any atom is 0.341 e. The van der Waals surface area contributed by atoms with Crippen LogP contribution in [-0.2, 0) is 31.9 Å². The highest BCUT2D eigenvalue weighted by Crippen LogP contribution is 2.39. The number of hydrogen-bond acceptors (Lipinski definition) is 6. The zero-order valence-corrected chi connectivity index (χ0v) is 13.0. The molecule has 0 atom stereocenters. The molecule has 2 rings (SSSR count). The summed E-state index contributed by atoms with van der Waals surface area (Å²) in [6.45, 7) is 1.07. The number of rotatable bonds is 7. The molecule has 0 radical (unpaired) electrons. The predicted molar refractivity (Wildman–Crippen MR) is 79.4 cm³/mol. The summed E-state index contributed by atoms with van der Waals surface area (Å²) >= 11 is 1.37. The Balaban J connectivity index is 2.08. The number of aliphatic carboxylic acids is 1. The van der Waals surface area contributed by atoms with E-state index in [1.165, 1.54) is 11.3 Å². The highest BCUT2D eigenvalue weighted by molar-refractivity contribution is 7.17. The van der Waals surface area contributed by atoms with Crippen molar-refractivity contribution in [1.82, 2.24) is 0 Å². The minimum absolute atomic E-state index is 0.262. The standard InChI is InChI=1S/C14H17NO6S/c1-2-21-14(19)12-8-4-3-5-9(8)22-13(12)15-10(16)6-20-7-11(17)18/h2-7H2,1H3,(H,15,16)(H,17,18). The average molecular weight is 327 g/mol. The molecule has 2 N–H and O–H groups in total. The van der Waals surface area contributed by atoms with E-state index in [1.54, 1.807) is 6.92 Å². The Morgan fingerprint density at radius 1 is 1.27 bits per heavy atom. The van der Waals surface area contributed by atoms with Crippen LogP contribution in [0.3, 0.4) is 0 Å². The zero-order chi connectivity index (χ0) is 16.1. The van der Waals surface area contributed by atoms with Crippen molar-refractivity contribution >= 4 is 34.2 Å². The number of anilines is 1. The van der Waals surface area contributed by atoms with Gasteiger partial charge >= 0.3 is 11.9 Å². The van der Waals surface area contributed by atoms with Gasteiger partial charge in [0.25, 0.3) is 5.91 Å².